The molecule has 1 aliphatic rings. The van der Waals surface area contributed by atoms with Crippen LogP contribution in [-0.2, 0) is 6.42 Å². The van der Waals surface area contributed by atoms with Gasteiger partial charge in [-0.2, -0.15) is 0 Å². The van der Waals surface area contributed by atoms with Crippen molar-refractivity contribution in [1.82, 2.24) is 4.98 Å². The first-order chi connectivity index (χ1) is 17.6. The molecule has 0 saturated carbocycles. The molecule has 0 atom stereocenters. The Balaban J connectivity index is 1.38. The summed E-state index contributed by atoms with van der Waals surface area (Å²) in [4.78, 5) is 19.3. The van der Waals surface area contributed by atoms with E-state index in [0.29, 0.717) is 35.2 Å². The van der Waals surface area contributed by atoms with Crippen molar-refractivity contribution in [3.05, 3.63) is 72.4 Å². The molecule has 0 aliphatic carbocycles. The predicted octanol–water partition coefficient (Wildman–Crippen LogP) is 6.04. The van der Waals surface area contributed by atoms with Crippen LogP contribution in [0.3, 0.4) is 0 Å². The average molecular weight is 486 g/mol. The van der Waals surface area contributed by atoms with E-state index >= 15 is 0 Å². The molecule has 8 nitrogen and oxygen atoms in total. The molecule has 184 valence electrons. The lowest BCUT2D eigenvalue weighted by Gasteiger charge is -2.30. The Kier molecular flexibility index (Phi) is 6.49. The van der Waals surface area contributed by atoms with Crippen LogP contribution in [-0.4, -0.2) is 38.9 Å². The standard InChI is InChI=1S/C28H27N3O5/c1-33-20-8-6-19(7-9-20)30-28(32)31-14-4-5-18-15-21(10-11-24(18)31)36-25-12-13-29-23-17-27(35-3)26(34-2)16-22(23)25/h6-13,15-17H,4-5,14H2,1-3H3,(H,30,32). The van der Waals surface area contributed by atoms with E-state index in [4.69, 9.17) is 18.9 Å². The molecule has 0 radical (unpaired) electrons. The zero-order chi connectivity index (χ0) is 25.1. The Labute approximate surface area is 209 Å². The largest absolute Gasteiger partial charge is 0.497 e. The first kappa shape index (κ1) is 23.3. The van der Waals surface area contributed by atoms with Crippen LogP contribution in [0.4, 0.5) is 16.2 Å². The summed E-state index contributed by atoms with van der Waals surface area (Å²) in [5.41, 5.74) is 3.39. The SMILES string of the molecule is COc1ccc(NC(=O)N2CCCc3cc(Oc4ccnc5cc(OC)c(OC)cc45)ccc32)cc1. The zero-order valence-corrected chi connectivity index (χ0v) is 20.4. The fourth-order valence-electron chi connectivity index (χ4n) is 4.38. The number of hydrogen-bond acceptors (Lipinski definition) is 6. The fraction of sp³-hybridized carbons (Fsp3) is 0.214. The molecule has 2 heterocycles. The normalized spacial score (nSPS) is 12.6. The third kappa shape index (κ3) is 4.57. The Morgan fingerprint density at radius 1 is 0.861 bits per heavy atom. The van der Waals surface area contributed by atoms with Crippen LogP contribution < -0.4 is 29.2 Å². The highest BCUT2D eigenvalue weighted by Crippen LogP contribution is 2.38. The first-order valence-electron chi connectivity index (χ1n) is 11.6. The Hall–Kier alpha value is -4.46. The van der Waals surface area contributed by atoms with Gasteiger partial charge in [-0.3, -0.25) is 9.88 Å². The molecule has 0 bridgehead atoms. The summed E-state index contributed by atoms with van der Waals surface area (Å²) in [7, 11) is 4.81. The van der Waals surface area contributed by atoms with Crippen molar-refractivity contribution in [2.45, 2.75) is 12.8 Å². The van der Waals surface area contributed by atoms with Crippen LogP contribution >= 0.6 is 0 Å². The Morgan fingerprint density at radius 2 is 1.61 bits per heavy atom. The summed E-state index contributed by atoms with van der Waals surface area (Å²) in [6.07, 6.45) is 3.43. The lowest BCUT2D eigenvalue weighted by atomic mass is 10.0. The second kappa shape index (κ2) is 10.0. The van der Waals surface area contributed by atoms with Gasteiger partial charge >= 0.3 is 6.03 Å². The summed E-state index contributed by atoms with van der Waals surface area (Å²) in [6.45, 7) is 0.645. The fourth-order valence-corrected chi connectivity index (χ4v) is 4.38. The van der Waals surface area contributed by atoms with Crippen molar-refractivity contribution >= 4 is 28.3 Å². The van der Waals surface area contributed by atoms with E-state index in [9.17, 15) is 4.79 Å². The number of rotatable bonds is 6. The van der Waals surface area contributed by atoms with E-state index in [-0.39, 0.29) is 6.03 Å². The number of anilines is 2. The molecule has 8 heteroatoms. The number of aromatic nitrogens is 1. The molecule has 0 spiro atoms. The van der Waals surface area contributed by atoms with Gasteiger partial charge in [-0.1, -0.05) is 0 Å². The van der Waals surface area contributed by atoms with Gasteiger partial charge in [-0.25, -0.2) is 4.79 Å². The number of fused-ring (bicyclic) bond motifs is 2. The number of pyridine rings is 1. The van der Waals surface area contributed by atoms with Crippen molar-refractivity contribution < 1.29 is 23.7 Å². The van der Waals surface area contributed by atoms with Gasteiger partial charge in [0, 0.05) is 35.6 Å². The summed E-state index contributed by atoms with van der Waals surface area (Å²) in [5, 5.41) is 3.78. The first-order valence-corrected chi connectivity index (χ1v) is 11.6. The van der Waals surface area contributed by atoms with Gasteiger partial charge in [0.1, 0.15) is 17.2 Å². The maximum Gasteiger partial charge on any atom is 0.326 e. The lowest BCUT2D eigenvalue weighted by molar-refractivity contribution is 0.256. The molecule has 5 rings (SSSR count). The van der Waals surface area contributed by atoms with Gasteiger partial charge in [-0.15, -0.1) is 0 Å². The van der Waals surface area contributed by atoms with E-state index in [1.807, 2.05) is 60.7 Å². The van der Waals surface area contributed by atoms with Crippen LogP contribution in [0.15, 0.2) is 66.9 Å². The molecule has 1 aliphatic heterocycles. The van der Waals surface area contributed by atoms with Gasteiger partial charge in [0.2, 0.25) is 0 Å². The number of amides is 2. The second-order valence-electron chi connectivity index (χ2n) is 8.34. The van der Waals surface area contributed by atoms with E-state index in [0.717, 1.165) is 40.7 Å². The van der Waals surface area contributed by atoms with Crippen molar-refractivity contribution in [1.29, 1.82) is 0 Å². The monoisotopic (exact) mass is 485 g/mol. The average Bonchev–Trinajstić information content (AvgIpc) is 2.92. The van der Waals surface area contributed by atoms with E-state index in [1.54, 1.807) is 32.4 Å². The summed E-state index contributed by atoms with van der Waals surface area (Å²) in [5.74, 6) is 3.30. The summed E-state index contributed by atoms with van der Waals surface area (Å²) in [6, 6.07) is 18.4. The molecule has 1 aromatic heterocycles. The van der Waals surface area contributed by atoms with Crippen LogP contribution in [0.2, 0.25) is 0 Å². The number of nitrogens with zero attached hydrogens (tertiary/aromatic N) is 2. The third-order valence-electron chi connectivity index (χ3n) is 6.19. The molecule has 1 N–H and O–H groups in total. The molecule has 36 heavy (non-hydrogen) atoms. The lowest BCUT2D eigenvalue weighted by Crippen LogP contribution is -2.38. The van der Waals surface area contributed by atoms with Crippen LogP contribution in [0.5, 0.6) is 28.7 Å². The van der Waals surface area contributed by atoms with Crippen molar-refractivity contribution in [2.24, 2.45) is 0 Å². The smallest absolute Gasteiger partial charge is 0.326 e. The highest BCUT2D eigenvalue weighted by molar-refractivity contribution is 6.02. The predicted molar refractivity (Wildman–Crippen MR) is 139 cm³/mol. The summed E-state index contributed by atoms with van der Waals surface area (Å²) < 4.78 is 22.3. The maximum atomic E-state index is 13.0. The highest BCUT2D eigenvalue weighted by atomic mass is 16.5. The number of urea groups is 1. The van der Waals surface area contributed by atoms with E-state index < -0.39 is 0 Å². The van der Waals surface area contributed by atoms with Crippen LogP contribution in [0.25, 0.3) is 10.9 Å². The van der Waals surface area contributed by atoms with Gasteiger partial charge in [0.15, 0.2) is 11.5 Å². The number of aryl methyl sites for hydroxylation is 1. The van der Waals surface area contributed by atoms with Crippen molar-refractivity contribution in [3.63, 3.8) is 0 Å². The molecule has 2 amide bonds. The number of carbonyl (C=O) groups excluding carboxylic acids is 1. The Bertz CT molecular complexity index is 1400. The number of nitrogens with one attached hydrogen (secondary N) is 1. The molecule has 3 aromatic carbocycles. The van der Waals surface area contributed by atoms with Gasteiger partial charge in [0.05, 0.1) is 26.8 Å². The van der Waals surface area contributed by atoms with Gasteiger partial charge in [-0.05, 0) is 73.0 Å². The number of hydrogen-bond donors (Lipinski definition) is 1. The number of carbonyl (C=O) groups is 1. The maximum absolute atomic E-state index is 13.0. The number of benzene rings is 3. The number of methoxy groups -OCH3 is 3. The molecule has 4 aromatic rings. The highest BCUT2D eigenvalue weighted by Gasteiger charge is 2.23. The summed E-state index contributed by atoms with van der Waals surface area (Å²) >= 11 is 0. The molecular weight excluding hydrogens is 458 g/mol. The van der Waals surface area contributed by atoms with E-state index in [1.165, 1.54) is 0 Å². The third-order valence-corrected chi connectivity index (χ3v) is 6.19. The van der Waals surface area contributed by atoms with Gasteiger partial charge < -0.3 is 24.3 Å². The molecular formula is C28H27N3O5. The van der Waals surface area contributed by atoms with Crippen LogP contribution in [0, 0.1) is 0 Å². The minimum atomic E-state index is -0.170. The van der Waals surface area contributed by atoms with Gasteiger partial charge in [0.25, 0.3) is 0 Å². The van der Waals surface area contributed by atoms with Crippen molar-refractivity contribution in [3.8, 4) is 28.7 Å². The van der Waals surface area contributed by atoms with Crippen LogP contribution in [0.1, 0.15) is 12.0 Å². The minimum absolute atomic E-state index is 0.170. The Morgan fingerprint density at radius 3 is 2.36 bits per heavy atom. The zero-order valence-electron chi connectivity index (χ0n) is 20.4. The second-order valence-corrected chi connectivity index (χ2v) is 8.34. The number of ether oxygens (including phenoxy) is 4. The molecule has 0 saturated heterocycles. The van der Waals surface area contributed by atoms with Crippen molar-refractivity contribution in [2.75, 3.05) is 38.1 Å². The molecule has 0 fully saturated rings. The minimum Gasteiger partial charge on any atom is -0.497 e. The molecule has 0 unspecified atom stereocenters. The topological polar surface area (TPSA) is 82.2 Å². The van der Waals surface area contributed by atoms with E-state index in [2.05, 4.69) is 10.3 Å². The quantitative estimate of drug-likeness (QED) is 0.359.